The van der Waals surface area contributed by atoms with E-state index in [1.165, 1.54) is 16.8 Å². The summed E-state index contributed by atoms with van der Waals surface area (Å²) < 4.78 is 4.42. The molecule has 1 atom stereocenters. The summed E-state index contributed by atoms with van der Waals surface area (Å²) in [5.74, 6) is 3.08. The minimum atomic E-state index is -0.0807. The molecular formula is C30H44N8. The average Bonchev–Trinajstić information content (AvgIpc) is 3.60. The summed E-state index contributed by atoms with van der Waals surface area (Å²) in [5, 5.41) is 20.0. The van der Waals surface area contributed by atoms with Gasteiger partial charge >= 0.3 is 0 Å². The molecule has 8 nitrogen and oxygen atoms in total. The van der Waals surface area contributed by atoms with Crippen LogP contribution in [0.3, 0.4) is 0 Å². The predicted molar refractivity (Wildman–Crippen MR) is 153 cm³/mol. The molecule has 0 saturated heterocycles. The Hall–Kier alpha value is -3.29. The smallest absolute Gasteiger partial charge is 0.196 e. The fourth-order valence-electron chi connectivity index (χ4n) is 4.75. The number of H-pyrrole nitrogens is 1. The molecule has 0 spiro atoms. The molecule has 1 unspecified atom stereocenters. The Morgan fingerprint density at radius 3 is 2.24 bits per heavy atom. The number of nitrogens with zero attached hydrogens (tertiary/aromatic N) is 7. The first-order valence-electron chi connectivity index (χ1n) is 14.0. The normalized spacial score (nSPS) is 13.3. The van der Waals surface area contributed by atoms with Crippen LogP contribution >= 0.6 is 0 Å². The molecule has 0 bridgehead atoms. The van der Waals surface area contributed by atoms with Gasteiger partial charge in [0, 0.05) is 29.1 Å². The van der Waals surface area contributed by atoms with Crippen molar-refractivity contribution in [1.82, 2.24) is 40.0 Å². The summed E-state index contributed by atoms with van der Waals surface area (Å²) in [4.78, 5) is 4.91. The molecule has 0 aliphatic heterocycles. The van der Waals surface area contributed by atoms with Crippen molar-refractivity contribution in [2.24, 2.45) is 0 Å². The molecular weight excluding hydrogens is 472 g/mol. The van der Waals surface area contributed by atoms with E-state index in [9.17, 15) is 0 Å². The zero-order valence-electron chi connectivity index (χ0n) is 24.6. The second-order valence-corrected chi connectivity index (χ2v) is 12.5. The topological polar surface area (TPSA) is 90.1 Å². The zero-order chi connectivity index (χ0) is 27.7. The molecule has 4 aromatic rings. The number of hydrogen-bond donors (Lipinski definition) is 1. The molecule has 8 heteroatoms. The van der Waals surface area contributed by atoms with Gasteiger partial charge in [0.05, 0.1) is 12.2 Å². The van der Waals surface area contributed by atoms with E-state index in [1.54, 1.807) is 0 Å². The van der Waals surface area contributed by atoms with Crippen LogP contribution in [0.5, 0.6) is 0 Å². The first-order valence-corrected chi connectivity index (χ1v) is 14.0. The van der Waals surface area contributed by atoms with Gasteiger partial charge in [0.15, 0.2) is 11.6 Å². The van der Waals surface area contributed by atoms with Crippen molar-refractivity contribution in [1.29, 1.82) is 0 Å². The molecule has 4 rings (SSSR count). The van der Waals surface area contributed by atoms with E-state index in [2.05, 4.69) is 123 Å². The Balaban J connectivity index is 1.76. The zero-order valence-corrected chi connectivity index (χ0v) is 24.6. The summed E-state index contributed by atoms with van der Waals surface area (Å²) in [6, 6.07) is 11.1. The Morgan fingerprint density at radius 2 is 1.68 bits per heavy atom. The van der Waals surface area contributed by atoms with Gasteiger partial charge in [-0.1, -0.05) is 80.9 Å². The molecule has 0 aliphatic rings. The fraction of sp³-hybridized carbons (Fsp3) is 0.567. The summed E-state index contributed by atoms with van der Waals surface area (Å²) in [6.45, 7) is 20.8. The van der Waals surface area contributed by atoms with E-state index in [4.69, 9.17) is 10.1 Å². The second kappa shape index (κ2) is 10.8. The van der Waals surface area contributed by atoms with Gasteiger partial charge in [0.2, 0.25) is 0 Å². The monoisotopic (exact) mass is 516 g/mol. The summed E-state index contributed by atoms with van der Waals surface area (Å²) in [5.41, 5.74) is 5.58. The lowest BCUT2D eigenvalue weighted by Crippen LogP contribution is -2.17. The van der Waals surface area contributed by atoms with Crippen molar-refractivity contribution in [3.63, 3.8) is 0 Å². The van der Waals surface area contributed by atoms with E-state index >= 15 is 0 Å². The molecule has 0 saturated carbocycles. The second-order valence-electron chi connectivity index (χ2n) is 12.5. The van der Waals surface area contributed by atoms with E-state index < -0.39 is 0 Å². The lowest BCUT2D eigenvalue weighted by molar-refractivity contribution is 0.556. The third-order valence-corrected chi connectivity index (χ3v) is 7.25. The van der Waals surface area contributed by atoms with Gasteiger partial charge in [-0.2, -0.15) is 5.10 Å². The highest BCUT2D eigenvalue weighted by Gasteiger charge is 2.31. The van der Waals surface area contributed by atoms with Crippen molar-refractivity contribution < 1.29 is 0 Å². The maximum absolute atomic E-state index is 4.91. The van der Waals surface area contributed by atoms with Crippen LogP contribution in [0.2, 0.25) is 0 Å². The molecule has 204 valence electrons. The van der Waals surface area contributed by atoms with Crippen LogP contribution in [0, 0.1) is 0 Å². The van der Waals surface area contributed by atoms with Gasteiger partial charge in [0.1, 0.15) is 5.82 Å². The number of rotatable bonds is 9. The van der Waals surface area contributed by atoms with Crippen LogP contribution in [0.4, 0.5) is 0 Å². The Bertz CT molecular complexity index is 1330. The predicted octanol–water partition coefficient (Wildman–Crippen LogP) is 6.75. The van der Waals surface area contributed by atoms with Gasteiger partial charge in [-0.15, -0.1) is 5.10 Å². The quantitative estimate of drug-likeness (QED) is 0.266. The van der Waals surface area contributed by atoms with Crippen molar-refractivity contribution in [2.75, 3.05) is 0 Å². The number of aromatic amines is 1. The number of benzene rings is 1. The minimum Gasteiger partial charge on any atom is -0.310 e. The number of unbranched alkanes of at least 4 members (excludes halogenated alkanes) is 1. The summed E-state index contributed by atoms with van der Waals surface area (Å²) >= 11 is 0. The van der Waals surface area contributed by atoms with Gasteiger partial charge < -0.3 is 4.57 Å². The summed E-state index contributed by atoms with van der Waals surface area (Å²) in [6.07, 6.45) is 4.27. The molecule has 1 aromatic carbocycles. The Kier molecular flexibility index (Phi) is 7.90. The summed E-state index contributed by atoms with van der Waals surface area (Å²) in [7, 11) is 0. The lowest BCUT2D eigenvalue weighted by Gasteiger charge is -2.23. The van der Waals surface area contributed by atoms with Crippen molar-refractivity contribution in [2.45, 2.75) is 111 Å². The maximum atomic E-state index is 4.91. The number of aromatic nitrogens is 8. The molecule has 3 aromatic heterocycles. The average molecular weight is 517 g/mol. The third kappa shape index (κ3) is 5.74. The van der Waals surface area contributed by atoms with E-state index in [0.717, 1.165) is 48.7 Å². The third-order valence-electron chi connectivity index (χ3n) is 7.25. The highest BCUT2D eigenvalue weighted by molar-refractivity contribution is 5.64. The molecule has 1 N–H and O–H groups in total. The van der Waals surface area contributed by atoms with Crippen molar-refractivity contribution in [3.8, 4) is 17.2 Å². The molecule has 38 heavy (non-hydrogen) atoms. The van der Waals surface area contributed by atoms with E-state index in [-0.39, 0.29) is 10.8 Å². The molecule has 0 fully saturated rings. The van der Waals surface area contributed by atoms with Gasteiger partial charge in [-0.3, -0.25) is 0 Å². The largest absolute Gasteiger partial charge is 0.310 e. The molecule has 0 radical (unpaired) electrons. The van der Waals surface area contributed by atoms with Crippen molar-refractivity contribution >= 4 is 0 Å². The first kappa shape index (κ1) is 27.7. The number of hydrogen-bond acceptors (Lipinski definition) is 5. The fourth-order valence-corrected chi connectivity index (χ4v) is 4.75. The highest BCUT2D eigenvalue weighted by atomic mass is 15.5. The Labute approximate surface area is 227 Å². The standard InChI is InChI=1S/C30H44N8/c1-10-12-13-25-31-27(20(3)11-2)34-37(25)19-21-14-16-22(17-15-21)38-24(30(7,8)9)18-23(29(4,5)6)26(38)28-32-35-36-33-28/h14-18,20H,10-13,19H2,1-9H3,(H,32,33,35,36). The number of aryl methyl sites for hydroxylation is 1. The minimum absolute atomic E-state index is 0.0777. The van der Waals surface area contributed by atoms with Crippen molar-refractivity contribution in [3.05, 3.63) is 58.8 Å². The number of tetrazole rings is 1. The van der Waals surface area contributed by atoms with Gasteiger partial charge in [-0.05, 0) is 58.0 Å². The molecule has 0 aliphatic carbocycles. The van der Waals surface area contributed by atoms with Crippen LogP contribution in [-0.2, 0) is 23.8 Å². The van der Waals surface area contributed by atoms with Crippen LogP contribution < -0.4 is 0 Å². The van der Waals surface area contributed by atoms with Gasteiger partial charge in [-0.25, -0.2) is 14.8 Å². The lowest BCUT2D eigenvalue weighted by atomic mass is 9.85. The van der Waals surface area contributed by atoms with Crippen LogP contribution in [0.15, 0.2) is 30.3 Å². The Morgan fingerprint density at radius 1 is 0.974 bits per heavy atom. The van der Waals surface area contributed by atoms with Crippen LogP contribution in [0.1, 0.15) is 116 Å². The number of nitrogens with one attached hydrogen (secondary N) is 1. The van der Waals surface area contributed by atoms with Crippen LogP contribution in [-0.4, -0.2) is 40.0 Å². The molecule has 3 heterocycles. The molecule has 0 amide bonds. The van der Waals surface area contributed by atoms with E-state index in [1.807, 2.05) is 0 Å². The van der Waals surface area contributed by atoms with Gasteiger partial charge in [0.25, 0.3) is 0 Å². The first-order chi connectivity index (χ1) is 17.9. The SMILES string of the molecule is CCCCc1nc(C(C)CC)nn1Cc1ccc(-n2c(C(C)(C)C)cc(C(C)(C)C)c2-c2nnn[nH]2)cc1. The highest BCUT2D eigenvalue weighted by Crippen LogP contribution is 2.40. The van der Waals surface area contributed by atoms with Crippen LogP contribution in [0.25, 0.3) is 17.2 Å². The van der Waals surface area contributed by atoms with E-state index in [0.29, 0.717) is 18.3 Å². The maximum Gasteiger partial charge on any atom is 0.196 e.